The molecule has 1 amide bonds. The summed E-state index contributed by atoms with van der Waals surface area (Å²) in [7, 11) is 0. The van der Waals surface area contributed by atoms with Crippen molar-refractivity contribution < 1.29 is 9.90 Å². The van der Waals surface area contributed by atoms with Crippen LogP contribution in [0.4, 0.5) is 4.79 Å². The van der Waals surface area contributed by atoms with E-state index in [4.69, 9.17) is 10.6 Å². The molecule has 0 bridgehead atoms. The number of carbonyl (C=O) groups is 1. The minimum Gasteiger partial charge on any atom is -0.465 e. The van der Waals surface area contributed by atoms with Gasteiger partial charge in [0.15, 0.2) is 0 Å². The summed E-state index contributed by atoms with van der Waals surface area (Å²) >= 11 is 0. The lowest BCUT2D eigenvalue weighted by molar-refractivity contribution is 0.153. The molecule has 0 spiro atoms. The highest BCUT2D eigenvalue weighted by molar-refractivity contribution is 5.65. The van der Waals surface area contributed by atoms with Crippen molar-refractivity contribution >= 4 is 6.09 Å². The molecule has 0 aromatic rings. The van der Waals surface area contributed by atoms with Crippen LogP contribution in [0.15, 0.2) is 5.11 Å². The molecule has 2 atom stereocenters. The molecule has 2 fully saturated rings. The van der Waals surface area contributed by atoms with Gasteiger partial charge in [0.05, 0.1) is 6.04 Å². The standard InChI is InChI=1S/C8H12N4O2/c9-11-10-7-4-12(8(13)14)3-6(7)5-1-2-5/h5-7H,1-4H2,(H,13,14). The van der Waals surface area contributed by atoms with Gasteiger partial charge in [0.1, 0.15) is 0 Å². The van der Waals surface area contributed by atoms with E-state index in [9.17, 15) is 4.79 Å². The van der Waals surface area contributed by atoms with Gasteiger partial charge < -0.3 is 10.0 Å². The molecule has 1 aliphatic carbocycles. The first-order valence-corrected chi connectivity index (χ1v) is 4.74. The number of nitrogens with zero attached hydrogens (tertiary/aromatic N) is 4. The van der Waals surface area contributed by atoms with Gasteiger partial charge in [-0.3, -0.25) is 0 Å². The second-order valence-electron chi connectivity index (χ2n) is 3.96. The summed E-state index contributed by atoms with van der Waals surface area (Å²) < 4.78 is 0. The van der Waals surface area contributed by atoms with Crippen molar-refractivity contribution in [3.05, 3.63) is 10.4 Å². The van der Waals surface area contributed by atoms with Crippen LogP contribution in [-0.2, 0) is 0 Å². The zero-order chi connectivity index (χ0) is 10.1. The van der Waals surface area contributed by atoms with Gasteiger partial charge in [-0.25, -0.2) is 4.79 Å². The lowest BCUT2D eigenvalue weighted by atomic mass is 9.99. The molecule has 1 saturated carbocycles. The molecule has 2 aliphatic rings. The van der Waals surface area contributed by atoms with Crippen molar-refractivity contribution in [2.24, 2.45) is 17.0 Å². The SMILES string of the molecule is [N-]=[N+]=NC1CN(C(=O)O)CC1C1CC1. The Labute approximate surface area is 81.1 Å². The average molecular weight is 196 g/mol. The maximum absolute atomic E-state index is 10.7. The maximum Gasteiger partial charge on any atom is 0.407 e. The van der Waals surface area contributed by atoms with E-state index in [1.807, 2.05) is 0 Å². The molecule has 0 aromatic heterocycles. The Morgan fingerprint density at radius 3 is 2.71 bits per heavy atom. The molecule has 0 radical (unpaired) electrons. The number of hydrogen-bond acceptors (Lipinski definition) is 2. The third-order valence-electron chi connectivity index (χ3n) is 3.03. The highest BCUT2D eigenvalue weighted by atomic mass is 16.4. The predicted molar refractivity (Wildman–Crippen MR) is 48.7 cm³/mol. The lowest BCUT2D eigenvalue weighted by Crippen LogP contribution is -2.27. The van der Waals surface area contributed by atoms with Crippen LogP contribution in [0.3, 0.4) is 0 Å². The fourth-order valence-corrected chi connectivity index (χ4v) is 2.14. The number of likely N-dealkylation sites (tertiary alicyclic amines) is 1. The van der Waals surface area contributed by atoms with Crippen molar-refractivity contribution in [2.45, 2.75) is 18.9 Å². The normalized spacial score (nSPS) is 31.3. The summed E-state index contributed by atoms with van der Waals surface area (Å²) in [6.07, 6.45) is 1.39. The molecule has 6 nitrogen and oxygen atoms in total. The summed E-state index contributed by atoms with van der Waals surface area (Å²) in [5, 5.41) is 12.5. The Balaban J connectivity index is 2.06. The molecule has 1 saturated heterocycles. The number of hydrogen-bond donors (Lipinski definition) is 1. The zero-order valence-corrected chi connectivity index (χ0v) is 7.70. The largest absolute Gasteiger partial charge is 0.465 e. The molecule has 76 valence electrons. The smallest absolute Gasteiger partial charge is 0.407 e. The van der Waals surface area contributed by atoms with Gasteiger partial charge in [-0.05, 0) is 30.2 Å². The van der Waals surface area contributed by atoms with Crippen molar-refractivity contribution in [1.82, 2.24) is 4.90 Å². The Morgan fingerprint density at radius 1 is 1.50 bits per heavy atom. The Hall–Kier alpha value is -1.42. The van der Waals surface area contributed by atoms with Crippen LogP contribution in [0.1, 0.15) is 12.8 Å². The van der Waals surface area contributed by atoms with Gasteiger partial charge in [-0.15, -0.1) is 0 Å². The quantitative estimate of drug-likeness (QED) is 0.413. The first-order valence-electron chi connectivity index (χ1n) is 4.74. The number of amides is 1. The topological polar surface area (TPSA) is 89.3 Å². The van der Waals surface area contributed by atoms with Gasteiger partial charge in [-0.2, -0.15) is 0 Å². The minimum atomic E-state index is -0.911. The first kappa shape index (κ1) is 9.15. The number of carboxylic acid groups (broad SMARTS) is 1. The third kappa shape index (κ3) is 1.61. The molecular formula is C8H12N4O2. The second-order valence-corrected chi connectivity index (χ2v) is 3.96. The molecule has 2 unspecified atom stereocenters. The van der Waals surface area contributed by atoms with Gasteiger partial charge in [0.25, 0.3) is 0 Å². The van der Waals surface area contributed by atoms with E-state index in [-0.39, 0.29) is 12.0 Å². The lowest BCUT2D eigenvalue weighted by Gasteiger charge is -2.11. The van der Waals surface area contributed by atoms with Gasteiger partial charge in [0.2, 0.25) is 0 Å². The fourth-order valence-electron chi connectivity index (χ4n) is 2.14. The Bertz CT molecular complexity index is 296. The van der Waals surface area contributed by atoms with Crippen LogP contribution in [0.2, 0.25) is 0 Å². The molecule has 0 aromatic carbocycles. The molecule has 1 heterocycles. The number of rotatable bonds is 2. The summed E-state index contributed by atoms with van der Waals surface area (Å²) in [5.74, 6) is 0.830. The van der Waals surface area contributed by atoms with Crippen LogP contribution < -0.4 is 0 Å². The van der Waals surface area contributed by atoms with E-state index in [0.717, 1.165) is 12.8 Å². The van der Waals surface area contributed by atoms with Crippen LogP contribution in [0.5, 0.6) is 0 Å². The van der Waals surface area contributed by atoms with Gasteiger partial charge in [-0.1, -0.05) is 5.11 Å². The maximum atomic E-state index is 10.7. The van der Waals surface area contributed by atoms with Crippen molar-refractivity contribution in [3.8, 4) is 0 Å². The third-order valence-corrected chi connectivity index (χ3v) is 3.03. The van der Waals surface area contributed by atoms with E-state index in [1.165, 1.54) is 4.90 Å². The molecule has 2 rings (SSSR count). The summed E-state index contributed by atoms with van der Waals surface area (Å²) in [6, 6.07) is -0.149. The van der Waals surface area contributed by atoms with E-state index >= 15 is 0 Å². The Morgan fingerprint density at radius 2 is 2.21 bits per heavy atom. The molecule has 14 heavy (non-hydrogen) atoms. The van der Waals surface area contributed by atoms with Crippen molar-refractivity contribution in [1.29, 1.82) is 0 Å². The highest BCUT2D eigenvalue weighted by Gasteiger charge is 2.43. The van der Waals surface area contributed by atoms with Crippen LogP contribution >= 0.6 is 0 Å². The summed E-state index contributed by atoms with van der Waals surface area (Å²) in [5.41, 5.74) is 8.36. The second kappa shape index (κ2) is 3.38. The Kier molecular flexibility index (Phi) is 2.21. The molecule has 6 heteroatoms. The number of azide groups is 1. The van der Waals surface area contributed by atoms with Crippen molar-refractivity contribution in [3.63, 3.8) is 0 Å². The molecular weight excluding hydrogens is 184 g/mol. The van der Waals surface area contributed by atoms with Gasteiger partial charge in [0, 0.05) is 18.0 Å². The predicted octanol–water partition coefficient (Wildman–Crippen LogP) is 1.69. The van der Waals surface area contributed by atoms with Gasteiger partial charge >= 0.3 is 6.09 Å². The summed E-state index contributed by atoms with van der Waals surface area (Å²) in [4.78, 5) is 14.9. The monoisotopic (exact) mass is 196 g/mol. The van der Waals surface area contributed by atoms with Crippen LogP contribution in [0, 0.1) is 11.8 Å². The van der Waals surface area contributed by atoms with Crippen LogP contribution in [-0.4, -0.2) is 35.2 Å². The van der Waals surface area contributed by atoms with Crippen LogP contribution in [0.25, 0.3) is 10.4 Å². The minimum absolute atomic E-state index is 0.149. The van der Waals surface area contributed by atoms with E-state index in [1.54, 1.807) is 0 Å². The summed E-state index contributed by atoms with van der Waals surface area (Å²) in [6.45, 7) is 0.893. The van der Waals surface area contributed by atoms with E-state index < -0.39 is 6.09 Å². The first-order chi connectivity index (χ1) is 6.72. The highest BCUT2D eigenvalue weighted by Crippen LogP contribution is 2.42. The fraction of sp³-hybridized carbons (Fsp3) is 0.875. The average Bonchev–Trinajstić information content (AvgIpc) is 2.89. The van der Waals surface area contributed by atoms with E-state index in [0.29, 0.717) is 19.0 Å². The van der Waals surface area contributed by atoms with Crippen molar-refractivity contribution in [2.75, 3.05) is 13.1 Å². The molecule has 1 N–H and O–H groups in total. The zero-order valence-electron chi connectivity index (χ0n) is 7.70. The van der Waals surface area contributed by atoms with E-state index in [2.05, 4.69) is 10.0 Å². The molecule has 1 aliphatic heterocycles.